The van der Waals surface area contributed by atoms with Gasteiger partial charge in [-0.15, -0.1) is 0 Å². The number of allylic oxidation sites excluding steroid dienone is 1. The first-order valence-corrected chi connectivity index (χ1v) is 4.15. The molecule has 0 radical (unpaired) electrons. The van der Waals surface area contributed by atoms with Crippen LogP contribution in [0.15, 0.2) is 30.3 Å². The van der Waals surface area contributed by atoms with Crippen molar-refractivity contribution in [1.82, 2.24) is 0 Å². The van der Waals surface area contributed by atoms with Gasteiger partial charge in [-0.2, -0.15) is 0 Å². The van der Waals surface area contributed by atoms with Crippen LogP contribution in [0.4, 0.5) is 0 Å². The fourth-order valence-corrected chi connectivity index (χ4v) is 1.18. The van der Waals surface area contributed by atoms with Crippen LogP contribution < -0.4 is 0 Å². The lowest BCUT2D eigenvalue weighted by atomic mass is 10.1. The molecule has 0 atom stereocenters. The summed E-state index contributed by atoms with van der Waals surface area (Å²) in [5.74, 6) is 0. The Balaban J connectivity index is 2.95. The van der Waals surface area contributed by atoms with Crippen LogP contribution in [0.5, 0.6) is 0 Å². The van der Waals surface area contributed by atoms with Crippen LogP contribution in [0.2, 0.25) is 5.02 Å². The topological polar surface area (TPSA) is 20.2 Å². The van der Waals surface area contributed by atoms with Crippen LogP contribution in [-0.4, -0.2) is 11.7 Å². The molecular formula is C10H11ClO. The summed E-state index contributed by atoms with van der Waals surface area (Å²) < 4.78 is 0. The van der Waals surface area contributed by atoms with Crippen molar-refractivity contribution in [2.75, 3.05) is 6.61 Å². The van der Waals surface area contributed by atoms with Crippen molar-refractivity contribution in [1.29, 1.82) is 0 Å². The Kier molecular flexibility index (Phi) is 3.32. The molecular weight excluding hydrogens is 172 g/mol. The molecule has 64 valence electrons. The van der Waals surface area contributed by atoms with Crippen molar-refractivity contribution in [2.24, 2.45) is 0 Å². The van der Waals surface area contributed by atoms with Gasteiger partial charge in [0.05, 0.1) is 6.61 Å². The van der Waals surface area contributed by atoms with Crippen molar-refractivity contribution >= 4 is 17.2 Å². The number of rotatable bonds is 2. The van der Waals surface area contributed by atoms with Gasteiger partial charge in [0.15, 0.2) is 0 Å². The quantitative estimate of drug-likeness (QED) is 0.746. The van der Waals surface area contributed by atoms with E-state index in [-0.39, 0.29) is 6.61 Å². The fourth-order valence-electron chi connectivity index (χ4n) is 0.989. The molecule has 0 heterocycles. The van der Waals surface area contributed by atoms with Crippen LogP contribution in [0.1, 0.15) is 12.5 Å². The zero-order chi connectivity index (χ0) is 8.97. The van der Waals surface area contributed by atoms with E-state index in [0.717, 1.165) is 16.2 Å². The molecule has 0 aromatic heterocycles. The average Bonchev–Trinajstić information content (AvgIpc) is 2.05. The summed E-state index contributed by atoms with van der Waals surface area (Å²) in [6.45, 7) is 2.01. The van der Waals surface area contributed by atoms with E-state index in [1.807, 2.05) is 31.2 Å². The summed E-state index contributed by atoms with van der Waals surface area (Å²) in [6, 6.07) is 7.57. The molecule has 1 N–H and O–H groups in total. The summed E-state index contributed by atoms with van der Waals surface area (Å²) in [5, 5.41) is 9.38. The van der Waals surface area contributed by atoms with Gasteiger partial charge >= 0.3 is 0 Å². The highest BCUT2D eigenvalue weighted by Gasteiger charge is 1.94. The van der Waals surface area contributed by atoms with E-state index >= 15 is 0 Å². The van der Waals surface area contributed by atoms with Gasteiger partial charge in [0, 0.05) is 5.02 Å². The van der Waals surface area contributed by atoms with Gasteiger partial charge in [0.2, 0.25) is 0 Å². The normalized spacial score (nSPS) is 11.8. The predicted molar refractivity (Wildman–Crippen MR) is 52.2 cm³/mol. The zero-order valence-electron chi connectivity index (χ0n) is 6.92. The van der Waals surface area contributed by atoms with Gasteiger partial charge in [-0.05, 0) is 30.2 Å². The molecule has 1 aromatic rings. The van der Waals surface area contributed by atoms with Gasteiger partial charge < -0.3 is 5.11 Å². The average molecular weight is 183 g/mol. The highest BCUT2D eigenvalue weighted by Crippen LogP contribution is 2.17. The highest BCUT2D eigenvalue weighted by molar-refractivity contribution is 6.30. The summed E-state index contributed by atoms with van der Waals surface area (Å²) in [6.07, 6.45) is 1.76. The summed E-state index contributed by atoms with van der Waals surface area (Å²) >= 11 is 5.80. The number of halogens is 1. The maximum Gasteiger partial charge on any atom is 0.0618 e. The Hall–Kier alpha value is -0.790. The number of hydrogen-bond acceptors (Lipinski definition) is 1. The monoisotopic (exact) mass is 182 g/mol. The molecule has 0 spiro atoms. The van der Waals surface area contributed by atoms with Gasteiger partial charge in [0.25, 0.3) is 0 Å². The molecule has 12 heavy (non-hydrogen) atoms. The van der Waals surface area contributed by atoms with Crippen molar-refractivity contribution in [3.8, 4) is 0 Å². The molecule has 0 unspecified atom stereocenters. The highest BCUT2D eigenvalue weighted by atomic mass is 35.5. The Bertz CT molecular complexity index is 292. The van der Waals surface area contributed by atoms with Gasteiger partial charge in [-0.25, -0.2) is 0 Å². The Morgan fingerprint density at radius 3 is 2.92 bits per heavy atom. The molecule has 1 rings (SSSR count). The van der Waals surface area contributed by atoms with E-state index in [9.17, 15) is 0 Å². The first kappa shape index (κ1) is 9.30. The molecule has 1 nitrogen and oxygen atoms in total. The predicted octanol–water partition coefficient (Wildman–Crippen LogP) is 2.74. The van der Waals surface area contributed by atoms with E-state index < -0.39 is 0 Å². The third-order valence-corrected chi connectivity index (χ3v) is 1.91. The van der Waals surface area contributed by atoms with Crippen LogP contribution in [0.3, 0.4) is 0 Å². The Morgan fingerprint density at radius 2 is 2.33 bits per heavy atom. The van der Waals surface area contributed by atoms with Crippen molar-refractivity contribution in [3.05, 3.63) is 40.9 Å². The molecule has 0 saturated heterocycles. The van der Waals surface area contributed by atoms with E-state index in [1.54, 1.807) is 6.08 Å². The second kappa shape index (κ2) is 4.29. The lowest BCUT2D eigenvalue weighted by Gasteiger charge is -2.00. The fraction of sp³-hybridized carbons (Fsp3) is 0.200. The third kappa shape index (κ3) is 2.36. The first-order valence-electron chi connectivity index (χ1n) is 3.77. The molecule has 0 aliphatic heterocycles. The molecule has 0 aliphatic carbocycles. The summed E-state index contributed by atoms with van der Waals surface area (Å²) in [4.78, 5) is 0. The Morgan fingerprint density at radius 1 is 1.58 bits per heavy atom. The Labute approximate surface area is 77.3 Å². The molecule has 0 bridgehead atoms. The number of hydrogen-bond donors (Lipinski definition) is 1. The zero-order valence-corrected chi connectivity index (χ0v) is 7.67. The summed E-state index contributed by atoms with van der Waals surface area (Å²) in [5.41, 5.74) is 2.09. The molecule has 0 saturated carbocycles. The van der Waals surface area contributed by atoms with Gasteiger partial charge in [0.1, 0.15) is 0 Å². The smallest absolute Gasteiger partial charge is 0.0618 e. The number of aliphatic hydroxyl groups is 1. The van der Waals surface area contributed by atoms with Crippen LogP contribution in [0.25, 0.3) is 5.57 Å². The van der Waals surface area contributed by atoms with Crippen LogP contribution >= 0.6 is 11.6 Å². The minimum absolute atomic E-state index is 0.0678. The lowest BCUT2D eigenvalue weighted by molar-refractivity contribution is 0.343. The van der Waals surface area contributed by atoms with Gasteiger partial charge in [-0.1, -0.05) is 29.8 Å². The second-order valence-corrected chi connectivity index (χ2v) is 3.02. The third-order valence-electron chi connectivity index (χ3n) is 1.68. The lowest BCUT2D eigenvalue weighted by Crippen LogP contribution is -1.81. The van der Waals surface area contributed by atoms with Gasteiger partial charge in [-0.3, -0.25) is 0 Å². The standard InChI is InChI=1S/C10H11ClO/c1-8(5-6-12)9-3-2-4-10(11)7-9/h2-5,7,12H,6H2,1H3/b8-5+. The van der Waals surface area contributed by atoms with Crippen molar-refractivity contribution < 1.29 is 5.11 Å². The molecule has 0 aliphatic rings. The SMILES string of the molecule is C/C(=C\CO)c1cccc(Cl)c1. The van der Waals surface area contributed by atoms with E-state index in [2.05, 4.69) is 0 Å². The maximum absolute atomic E-state index is 8.66. The first-order chi connectivity index (χ1) is 5.74. The van der Waals surface area contributed by atoms with Crippen LogP contribution in [0, 0.1) is 0 Å². The second-order valence-electron chi connectivity index (χ2n) is 2.58. The molecule has 2 heteroatoms. The van der Waals surface area contributed by atoms with E-state index in [4.69, 9.17) is 16.7 Å². The summed E-state index contributed by atoms with van der Waals surface area (Å²) in [7, 11) is 0. The molecule has 0 amide bonds. The minimum Gasteiger partial charge on any atom is -0.392 e. The number of benzene rings is 1. The minimum atomic E-state index is 0.0678. The van der Waals surface area contributed by atoms with Crippen molar-refractivity contribution in [3.63, 3.8) is 0 Å². The molecule has 0 fully saturated rings. The maximum atomic E-state index is 8.66. The number of aliphatic hydroxyl groups excluding tert-OH is 1. The van der Waals surface area contributed by atoms with E-state index in [1.165, 1.54) is 0 Å². The van der Waals surface area contributed by atoms with E-state index in [0.29, 0.717) is 0 Å². The molecule has 1 aromatic carbocycles. The van der Waals surface area contributed by atoms with Crippen LogP contribution in [-0.2, 0) is 0 Å². The van der Waals surface area contributed by atoms with Crippen molar-refractivity contribution in [2.45, 2.75) is 6.92 Å². The largest absolute Gasteiger partial charge is 0.392 e.